The van der Waals surface area contributed by atoms with Gasteiger partial charge in [-0.25, -0.2) is 0 Å². The highest BCUT2D eigenvalue weighted by Crippen LogP contribution is 2.27. The topological polar surface area (TPSA) is 61.8 Å². The molecule has 1 aromatic carbocycles. The predicted molar refractivity (Wildman–Crippen MR) is 74.8 cm³/mol. The van der Waals surface area contributed by atoms with Gasteiger partial charge in [0, 0.05) is 16.6 Å². The molecule has 0 amide bonds. The summed E-state index contributed by atoms with van der Waals surface area (Å²) in [6.45, 7) is 6.82. The molecule has 0 bridgehead atoms. The van der Waals surface area contributed by atoms with E-state index < -0.39 is 0 Å². The van der Waals surface area contributed by atoms with Gasteiger partial charge in [0.2, 0.25) is 0 Å². The molecule has 3 nitrogen and oxygen atoms in total. The van der Waals surface area contributed by atoms with Crippen molar-refractivity contribution in [3.8, 4) is 6.07 Å². The summed E-state index contributed by atoms with van der Waals surface area (Å²) in [4.78, 5) is 0. The second-order valence-electron chi connectivity index (χ2n) is 4.70. The second-order valence-corrected chi connectivity index (χ2v) is 5.62. The summed E-state index contributed by atoms with van der Waals surface area (Å²) >= 11 is 3.41. The van der Waals surface area contributed by atoms with E-state index in [4.69, 9.17) is 11.0 Å². The summed E-state index contributed by atoms with van der Waals surface area (Å²) < 4.78 is 0.946. The van der Waals surface area contributed by atoms with Crippen molar-refractivity contribution >= 4 is 21.6 Å². The molecule has 0 saturated heterocycles. The molecule has 4 heteroatoms. The van der Waals surface area contributed by atoms with Crippen molar-refractivity contribution in [1.82, 2.24) is 0 Å². The van der Waals surface area contributed by atoms with E-state index in [0.29, 0.717) is 18.0 Å². The van der Waals surface area contributed by atoms with E-state index in [9.17, 15) is 0 Å². The van der Waals surface area contributed by atoms with Crippen molar-refractivity contribution in [2.45, 2.75) is 26.3 Å². The van der Waals surface area contributed by atoms with Gasteiger partial charge in [0.05, 0.1) is 11.3 Å². The summed E-state index contributed by atoms with van der Waals surface area (Å²) in [6.07, 6.45) is 0. The van der Waals surface area contributed by atoms with Crippen LogP contribution in [-0.4, -0.2) is 12.1 Å². The molecule has 0 radical (unpaired) electrons. The Morgan fingerprint density at radius 1 is 1.53 bits per heavy atom. The van der Waals surface area contributed by atoms with Crippen molar-refractivity contribution in [1.29, 1.82) is 5.26 Å². The van der Waals surface area contributed by atoms with Gasteiger partial charge in [-0.3, -0.25) is 0 Å². The molecule has 1 atom stereocenters. The Balaban J connectivity index is 3.10. The standard InChI is InChI=1S/C13H18BrN3/c1-9(2)13(3,8-16)17-12-6-11(14)5-4-10(12)7-15/h4-6,9,17H,8,16H2,1-3H3. The summed E-state index contributed by atoms with van der Waals surface area (Å²) in [5.74, 6) is 0.373. The Morgan fingerprint density at radius 3 is 2.65 bits per heavy atom. The van der Waals surface area contributed by atoms with Crippen molar-refractivity contribution in [3.63, 3.8) is 0 Å². The maximum atomic E-state index is 9.08. The summed E-state index contributed by atoms with van der Waals surface area (Å²) in [5, 5.41) is 12.5. The van der Waals surface area contributed by atoms with E-state index in [-0.39, 0.29) is 5.54 Å². The van der Waals surface area contributed by atoms with Gasteiger partial charge < -0.3 is 11.1 Å². The highest BCUT2D eigenvalue weighted by atomic mass is 79.9. The number of benzene rings is 1. The zero-order valence-electron chi connectivity index (χ0n) is 10.4. The van der Waals surface area contributed by atoms with Crippen LogP contribution in [0.3, 0.4) is 0 Å². The molecular weight excluding hydrogens is 278 g/mol. The van der Waals surface area contributed by atoms with Gasteiger partial charge >= 0.3 is 0 Å². The van der Waals surface area contributed by atoms with Crippen LogP contribution in [0, 0.1) is 17.2 Å². The van der Waals surface area contributed by atoms with E-state index >= 15 is 0 Å². The zero-order valence-corrected chi connectivity index (χ0v) is 12.0. The first-order chi connectivity index (χ1) is 7.92. The SMILES string of the molecule is CC(C)C(C)(CN)Nc1cc(Br)ccc1C#N. The number of anilines is 1. The largest absolute Gasteiger partial charge is 0.377 e. The van der Waals surface area contributed by atoms with Crippen LogP contribution in [0.4, 0.5) is 5.69 Å². The average Bonchev–Trinajstić information content (AvgIpc) is 2.29. The Kier molecular flexibility index (Phi) is 4.55. The van der Waals surface area contributed by atoms with Crippen LogP contribution in [0.2, 0.25) is 0 Å². The number of rotatable bonds is 4. The number of nitrogens with zero attached hydrogens (tertiary/aromatic N) is 1. The lowest BCUT2D eigenvalue weighted by Gasteiger charge is -2.35. The highest BCUT2D eigenvalue weighted by Gasteiger charge is 2.27. The van der Waals surface area contributed by atoms with E-state index in [1.807, 2.05) is 12.1 Å². The maximum absolute atomic E-state index is 9.08. The quantitative estimate of drug-likeness (QED) is 0.897. The fraction of sp³-hybridized carbons (Fsp3) is 0.462. The fourth-order valence-electron chi connectivity index (χ4n) is 1.46. The number of hydrogen-bond acceptors (Lipinski definition) is 3. The first-order valence-corrected chi connectivity index (χ1v) is 6.40. The number of nitrogens with one attached hydrogen (secondary N) is 1. The molecule has 0 aliphatic heterocycles. The Hall–Kier alpha value is -1.05. The molecule has 0 saturated carbocycles. The second kappa shape index (κ2) is 5.52. The first-order valence-electron chi connectivity index (χ1n) is 5.61. The van der Waals surface area contributed by atoms with Gasteiger partial charge in [-0.2, -0.15) is 5.26 Å². The van der Waals surface area contributed by atoms with E-state index in [1.54, 1.807) is 6.07 Å². The van der Waals surface area contributed by atoms with Crippen LogP contribution in [0.1, 0.15) is 26.3 Å². The van der Waals surface area contributed by atoms with Crippen molar-refractivity contribution in [2.24, 2.45) is 11.7 Å². The molecule has 92 valence electrons. The molecule has 0 aliphatic rings. The van der Waals surface area contributed by atoms with Crippen LogP contribution in [0.25, 0.3) is 0 Å². The van der Waals surface area contributed by atoms with Crippen molar-refractivity contribution in [2.75, 3.05) is 11.9 Å². The minimum absolute atomic E-state index is 0.216. The molecule has 3 N–H and O–H groups in total. The molecule has 1 unspecified atom stereocenters. The first kappa shape index (κ1) is 14.0. The van der Waals surface area contributed by atoms with Gasteiger partial charge in [-0.05, 0) is 31.0 Å². The third kappa shape index (κ3) is 3.21. The minimum atomic E-state index is -0.216. The monoisotopic (exact) mass is 295 g/mol. The van der Waals surface area contributed by atoms with Crippen LogP contribution in [0.5, 0.6) is 0 Å². The van der Waals surface area contributed by atoms with Gasteiger partial charge in [-0.1, -0.05) is 29.8 Å². The maximum Gasteiger partial charge on any atom is 0.101 e. The summed E-state index contributed by atoms with van der Waals surface area (Å²) in [6, 6.07) is 7.75. The fourth-order valence-corrected chi connectivity index (χ4v) is 1.82. The van der Waals surface area contributed by atoms with E-state index in [2.05, 4.69) is 48.1 Å². The van der Waals surface area contributed by atoms with E-state index in [0.717, 1.165) is 10.2 Å². The number of nitriles is 1. The molecule has 1 rings (SSSR count). The lowest BCUT2D eigenvalue weighted by Crippen LogP contribution is -2.47. The Morgan fingerprint density at radius 2 is 2.18 bits per heavy atom. The Bertz CT molecular complexity index is 437. The molecular formula is C13H18BrN3. The van der Waals surface area contributed by atoms with Gasteiger partial charge in [-0.15, -0.1) is 0 Å². The van der Waals surface area contributed by atoms with Gasteiger partial charge in [0.1, 0.15) is 6.07 Å². The predicted octanol–water partition coefficient (Wildman–Crippen LogP) is 3.11. The summed E-state index contributed by atoms with van der Waals surface area (Å²) in [5.41, 5.74) is 7.07. The average molecular weight is 296 g/mol. The molecule has 0 aliphatic carbocycles. The smallest absolute Gasteiger partial charge is 0.101 e. The van der Waals surface area contributed by atoms with Gasteiger partial charge in [0.25, 0.3) is 0 Å². The molecule has 0 fully saturated rings. The van der Waals surface area contributed by atoms with Crippen molar-refractivity contribution < 1.29 is 0 Å². The number of nitrogens with two attached hydrogens (primary N) is 1. The lowest BCUT2D eigenvalue weighted by atomic mass is 9.88. The third-order valence-electron chi connectivity index (χ3n) is 3.22. The van der Waals surface area contributed by atoms with Crippen LogP contribution in [-0.2, 0) is 0 Å². The summed E-state index contributed by atoms with van der Waals surface area (Å²) in [7, 11) is 0. The molecule has 0 aromatic heterocycles. The van der Waals surface area contributed by atoms with E-state index in [1.165, 1.54) is 0 Å². The van der Waals surface area contributed by atoms with Gasteiger partial charge in [0.15, 0.2) is 0 Å². The minimum Gasteiger partial charge on any atom is -0.377 e. The molecule has 0 heterocycles. The molecule has 1 aromatic rings. The lowest BCUT2D eigenvalue weighted by molar-refractivity contribution is 0.382. The van der Waals surface area contributed by atoms with Crippen LogP contribution >= 0.6 is 15.9 Å². The third-order valence-corrected chi connectivity index (χ3v) is 3.71. The van der Waals surface area contributed by atoms with Crippen LogP contribution in [0.15, 0.2) is 22.7 Å². The van der Waals surface area contributed by atoms with Crippen molar-refractivity contribution in [3.05, 3.63) is 28.2 Å². The zero-order chi connectivity index (χ0) is 13.1. The molecule has 0 spiro atoms. The normalized spacial score (nSPS) is 14.2. The Labute approximate surface area is 111 Å². The molecule has 17 heavy (non-hydrogen) atoms. The van der Waals surface area contributed by atoms with Crippen LogP contribution < -0.4 is 11.1 Å². The number of hydrogen-bond donors (Lipinski definition) is 2. The number of halogens is 1. The highest BCUT2D eigenvalue weighted by molar-refractivity contribution is 9.10.